The zero-order valence-corrected chi connectivity index (χ0v) is 53.6. The molecule has 1 aliphatic heterocycles. The van der Waals surface area contributed by atoms with Crippen LogP contribution in [0.25, 0.3) is 16.3 Å². The molecule has 0 amide bonds. The van der Waals surface area contributed by atoms with Crippen LogP contribution in [-0.2, 0) is 68.4 Å². The highest BCUT2D eigenvalue weighted by Gasteiger charge is 2.28. The SMILES string of the molecule is C=C1C=C(C)c2ccc(OP(=O)(OCC)OCC)cc2O1.C=CCOP(=O)(OCC)OCC.CCCCC(CC)COP(C)(=O)O.CCCCOP(C)(=O)O.CP(=O)(O)OCC(O)C=O.CP(=O)(O)Oc1ccc2ccccc2c1. The Bertz CT molecular complexity index is 2550. The Morgan fingerprint density at radius 2 is 1.10 bits per heavy atom. The Balaban J connectivity index is 0. The summed E-state index contributed by atoms with van der Waals surface area (Å²) >= 11 is 0. The lowest BCUT2D eigenvalue weighted by molar-refractivity contribution is -0.116. The van der Waals surface area contributed by atoms with Gasteiger partial charge in [-0.15, -0.1) is 6.58 Å². The molecule has 0 fully saturated rings. The van der Waals surface area contributed by atoms with Crippen LogP contribution in [0.4, 0.5) is 0 Å². The molecule has 0 radical (unpaired) electrons. The van der Waals surface area contributed by atoms with Crippen molar-refractivity contribution >= 4 is 68.7 Å². The number of hydrogen-bond donors (Lipinski definition) is 5. The molecule has 80 heavy (non-hydrogen) atoms. The van der Waals surface area contributed by atoms with E-state index >= 15 is 0 Å². The van der Waals surface area contributed by atoms with Gasteiger partial charge in [0.2, 0.25) is 0 Å². The molecule has 0 saturated carbocycles. The van der Waals surface area contributed by atoms with Gasteiger partial charge in [-0.05, 0) is 100 Å². The van der Waals surface area contributed by atoms with Gasteiger partial charge in [0.05, 0.1) is 52.9 Å². The van der Waals surface area contributed by atoms with Crippen molar-refractivity contribution in [3.05, 3.63) is 97.3 Å². The average molecular weight is 1260 g/mol. The van der Waals surface area contributed by atoms with Crippen molar-refractivity contribution in [3.63, 3.8) is 0 Å². The molecule has 0 bridgehead atoms. The fourth-order valence-electron chi connectivity index (χ4n) is 5.76. The second-order valence-corrected chi connectivity index (χ2v) is 27.6. The first-order chi connectivity index (χ1) is 37.2. The third kappa shape index (κ3) is 42.0. The Morgan fingerprint density at radius 3 is 1.57 bits per heavy atom. The van der Waals surface area contributed by atoms with Gasteiger partial charge < -0.3 is 56.8 Å². The Labute approximate surface area is 473 Å². The lowest BCUT2D eigenvalue weighted by Crippen LogP contribution is -2.15. The quantitative estimate of drug-likeness (QED) is 0.0179. The van der Waals surface area contributed by atoms with Crippen LogP contribution in [0.15, 0.2) is 91.7 Å². The molecular formula is C51H88O23P6. The van der Waals surface area contributed by atoms with Crippen molar-refractivity contribution in [3.8, 4) is 17.2 Å². The summed E-state index contributed by atoms with van der Waals surface area (Å²) in [6.45, 7) is 28.5. The van der Waals surface area contributed by atoms with Crippen molar-refractivity contribution in [2.24, 2.45) is 5.92 Å². The molecule has 23 nitrogen and oxygen atoms in total. The number of allylic oxidation sites excluding steroid dienone is 2. The number of aliphatic hydroxyl groups is 1. The first-order valence-electron chi connectivity index (χ1n) is 25.6. The van der Waals surface area contributed by atoms with E-state index in [0.717, 1.165) is 54.3 Å². The number of unbranched alkanes of at least 4 members (excludes halogenated alkanes) is 2. The van der Waals surface area contributed by atoms with E-state index in [4.69, 9.17) is 65.6 Å². The van der Waals surface area contributed by atoms with Crippen LogP contribution >= 0.6 is 46.0 Å². The van der Waals surface area contributed by atoms with Crippen LogP contribution in [0.1, 0.15) is 99.5 Å². The van der Waals surface area contributed by atoms with Crippen molar-refractivity contribution in [1.82, 2.24) is 0 Å². The molecule has 4 rings (SSSR count). The molecule has 29 heteroatoms. The number of aldehydes is 1. The van der Waals surface area contributed by atoms with Crippen LogP contribution in [0, 0.1) is 5.92 Å². The van der Waals surface area contributed by atoms with Crippen molar-refractivity contribution in [2.45, 2.75) is 100 Å². The summed E-state index contributed by atoms with van der Waals surface area (Å²) in [5.74, 6) is 2.37. The summed E-state index contributed by atoms with van der Waals surface area (Å²) in [4.78, 5) is 44.8. The summed E-state index contributed by atoms with van der Waals surface area (Å²) in [5, 5.41) is 10.6. The Morgan fingerprint density at radius 1 is 0.600 bits per heavy atom. The van der Waals surface area contributed by atoms with Gasteiger partial charge in [0, 0.05) is 38.3 Å². The fourth-order valence-corrected chi connectivity index (χ4v) is 9.98. The summed E-state index contributed by atoms with van der Waals surface area (Å²) in [7, 11) is -20.4. The predicted octanol–water partition coefficient (Wildman–Crippen LogP) is 14.0. The molecule has 6 atom stereocenters. The van der Waals surface area contributed by atoms with Gasteiger partial charge in [0.25, 0.3) is 0 Å². The number of rotatable bonds is 30. The summed E-state index contributed by atoms with van der Waals surface area (Å²) in [6.07, 6.45) is 8.53. The van der Waals surface area contributed by atoms with Gasteiger partial charge in [-0.1, -0.05) is 89.4 Å². The summed E-state index contributed by atoms with van der Waals surface area (Å²) < 4.78 is 121. The van der Waals surface area contributed by atoms with Gasteiger partial charge in [0.15, 0.2) is 6.29 Å². The lowest BCUT2D eigenvalue weighted by Gasteiger charge is -2.20. The van der Waals surface area contributed by atoms with Crippen LogP contribution in [-0.4, -0.2) is 117 Å². The number of benzene rings is 3. The Kier molecular flexibility index (Phi) is 41.5. The van der Waals surface area contributed by atoms with E-state index in [2.05, 4.69) is 36.1 Å². The number of fused-ring (bicyclic) bond motifs is 2. The Hall–Kier alpha value is -2.93. The van der Waals surface area contributed by atoms with E-state index in [9.17, 15) is 32.2 Å². The topological polar surface area (TPSA) is 322 Å². The molecule has 460 valence electrons. The molecule has 1 heterocycles. The van der Waals surface area contributed by atoms with E-state index in [1.165, 1.54) is 38.9 Å². The van der Waals surface area contributed by atoms with Gasteiger partial charge >= 0.3 is 46.0 Å². The number of aliphatic hydroxyl groups excluding tert-OH is 1. The lowest BCUT2D eigenvalue weighted by atomic mass is 10.0. The van der Waals surface area contributed by atoms with Crippen molar-refractivity contribution < 1.29 is 107 Å². The molecule has 1 aliphatic rings. The third-order valence-electron chi connectivity index (χ3n) is 9.27. The third-order valence-corrected chi connectivity index (χ3v) is 14.9. The average Bonchev–Trinajstić information content (AvgIpc) is 3.35. The molecule has 0 aromatic heterocycles. The maximum Gasteiger partial charge on any atom is 0.530 e. The van der Waals surface area contributed by atoms with E-state index < -0.39 is 58.7 Å². The highest BCUT2D eigenvalue weighted by Crippen LogP contribution is 2.51. The second-order valence-electron chi connectivity index (χ2n) is 17.0. The molecule has 0 spiro atoms. The number of carbonyl (C=O) groups excluding carboxylic acids is 1. The number of phosphoric ester groups is 2. The van der Waals surface area contributed by atoms with E-state index in [1.54, 1.807) is 52.0 Å². The summed E-state index contributed by atoms with van der Waals surface area (Å²) in [5.41, 5.74) is 1.99. The monoisotopic (exact) mass is 1250 g/mol. The predicted molar refractivity (Wildman–Crippen MR) is 314 cm³/mol. The van der Waals surface area contributed by atoms with Crippen LogP contribution < -0.4 is 13.8 Å². The first-order valence-corrected chi connectivity index (χ1v) is 36.6. The number of hydrogen-bond acceptors (Lipinski definition) is 19. The van der Waals surface area contributed by atoms with Crippen molar-refractivity contribution in [1.29, 1.82) is 0 Å². The molecule has 0 aliphatic carbocycles. The molecular weight excluding hydrogens is 1170 g/mol. The van der Waals surface area contributed by atoms with E-state index in [0.29, 0.717) is 55.4 Å². The van der Waals surface area contributed by atoms with Gasteiger partial charge in [-0.2, -0.15) is 0 Å². The van der Waals surface area contributed by atoms with Crippen LogP contribution in [0.2, 0.25) is 0 Å². The minimum absolute atomic E-state index is 0.164. The number of carbonyl (C=O) groups is 1. The van der Waals surface area contributed by atoms with Gasteiger partial charge in [-0.3, -0.25) is 36.3 Å². The highest BCUT2D eigenvalue weighted by atomic mass is 31.2. The smallest absolute Gasteiger partial charge is 0.457 e. The first kappa shape index (κ1) is 79.1. The zero-order valence-electron chi connectivity index (χ0n) is 48.2. The maximum absolute atomic E-state index is 12.3. The number of ether oxygens (including phenoxy) is 1. The molecule has 0 saturated heterocycles. The fraction of sp³-hybridized carbons (Fsp3) is 0.549. The van der Waals surface area contributed by atoms with Gasteiger partial charge in [0.1, 0.15) is 29.1 Å². The maximum atomic E-state index is 12.3. The normalized spacial score (nSPS) is 15.6. The summed E-state index contributed by atoms with van der Waals surface area (Å²) in [6, 6.07) is 18.3. The molecule has 5 N–H and O–H groups in total. The standard InChI is InChI=1S/C15H19O5P.C11H11O3P.C9H21O3P.C7H15O4P.C5H13O3P.C4H9O5P/c1-5-17-21(16,18-6-2)20-13-7-8-14-11(3)9-12(4)19-15(14)10-13;1-15(12,13)14-11-7-6-9-4-2-3-5-10(9)8-11;1-4-6-7-9(5-2)8-12-13(3,10)11;1-4-7-11-12(8,9-5-2)10-6-3;1-3-4-5-8-9(2,6)7;1-10(7,8)9-3-4(6)2-5/h7-10H,4-6H2,1-3H3;2-8H,1H3,(H,12,13);9H,4-8H2,1-3H3,(H,10,11);4H,1,5-7H2,2-3H3;3-5H2,1-2H3,(H,6,7);2,4,6H,3H2,1H3,(H,7,8). The zero-order chi connectivity index (χ0) is 61.6. The minimum atomic E-state index is -3.60. The highest BCUT2D eigenvalue weighted by molar-refractivity contribution is 7.53. The van der Waals surface area contributed by atoms with Gasteiger partial charge in [-0.25, -0.2) is 13.7 Å². The molecule has 3 aromatic rings. The van der Waals surface area contributed by atoms with Crippen LogP contribution in [0.3, 0.4) is 0 Å². The molecule has 3 aromatic carbocycles. The second kappa shape index (κ2) is 42.0. The number of phosphoric acid groups is 2. The van der Waals surface area contributed by atoms with Crippen LogP contribution in [0.5, 0.6) is 17.2 Å². The van der Waals surface area contributed by atoms with E-state index in [-0.39, 0.29) is 26.1 Å². The van der Waals surface area contributed by atoms with Crippen molar-refractivity contribution in [2.75, 3.05) is 79.5 Å². The largest absolute Gasteiger partial charge is 0.530 e. The molecule has 6 unspecified atom stereocenters. The van der Waals surface area contributed by atoms with E-state index in [1.807, 2.05) is 56.3 Å². The minimum Gasteiger partial charge on any atom is -0.457 e.